The minimum atomic E-state index is -3.74. The maximum atomic E-state index is 11.9. The second kappa shape index (κ2) is 6.13. The Bertz CT molecular complexity index is 552. The van der Waals surface area contributed by atoms with E-state index in [4.69, 9.17) is 0 Å². The lowest BCUT2D eigenvalue weighted by Crippen LogP contribution is -2.79. The van der Waals surface area contributed by atoms with Gasteiger partial charge in [0.05, 0.1) is 6.61 Å². The molecule has 0 saturated heterocycles. The molecule has 0 rings (SSSR count). The Morgan fingerprint density at radius 3 is 1.36 bits per heavy atom. The number of ketones is 5. The molecule has 0 bridgehead atoms. The second-order valence-corrected chi connectivity index (χ2v) is 4.99. The number of aliphatic hydroxyl groups is 4. The van der Waals surface area contributed by atoms with Gasteiger partial charge in [-0.15, -0.1) is 0 Å². The molecule has 0 aliphatic rings. The summed E-state index contributed by atoms with van der Waals surface area (Å²) in [6.45, 7) is 0.877. The molecule has 0 aromatic heterocycles. The summed E-state index contributed by atoms with van der Waals surface area (Å²) < 4.78 is 0. The third-order valence-electron chi connectivity index (χ3n) is 3.60. The summed E-state index contributed by atoms with van der Waals surface area (Å²) in [5.74, 6) is -7.82. The van der Waals surface area contributed by atoms with E-state index in [0.717, 1.165) is 0 Å². The van der Waals surface area contributed by atoms with Gasteiger partial charge in [0.15, 0.2) is 28.7 Å². The molecule has 0 aromatic carbocycles. The van der Waals surface area contributed by atoms with Crippen LogP contribution >= 0.6 is 0 Å². The van der Waals surface area contributed by atoms with Crippen molar-refractivity contribution in [2.45, 2.75) is 44.5 Å². The Morgan fingerprint density at radius 2 is 1.18 bits per heavy atom. The SMILES string of the molecule is CC(=O)C(=O)[C@](O)(C(C)=O)[C@](O)(C(C)=O)[C@@](O)(CO)C(C)=O. The van der Waals surface area contributed by atoms with Crippen LogP contribution in [0, 0.1) is 0 Å². The van der Waals surface area contributed by atoms with Crippen molar-refractivity contribution in [3.63, 3.8) is 0 Å². The highest BCUT2D eigenvalue weighted by atomic mass is 16.4. The average Bonchev–Trinajstić information content (AvgIpc) is 2.42. The number of Topliss-reactive ketones (excluding diaryl/α,β-unsaturated/α-hetero) is 5. The third kappa shape index (κ3) is 2.41. The number of aliphatic hydroxyl groups excluding tert-OH is 1. The highest BCUT2D eigenvalue weighted by Crippen LogP contribution is 2.37. The van der Waals surface area contributed by atoms with Crippen LogP contribution in [0.4, 0.5) is 0 Å². The first kappa shape index (κ1) is 20.2. The summed E-state index contributed by atoms with van der Waals surface area (Å²) in [6, 6.07) is 0. The molecule has 0 amide bonds. The molecule has 4 N–H and O–H groups in total. The molecule has 0 aliphatic heterocycles. The van der Waals surface area contributed by atoms with Gasteiger partial charge in [0, 0.05) is 6.92 Å². The van der Waals surface area contributed by atoms with Crippen LogP contribution in [-0.4, -0.2) is 72.8 Å². The van der Waals surface area contributed by atoms with Crippen molar-refractivity contribution in [3.8, 4) is 0 Å². The summed E-state index contributed by atoms with van der Waals surface area (Å²) in [5, 5.41) is 40.1. The van der Waals surface area contributed by atoms with E-state index in [-0.39, 0.29) is 0 Å². The Kier molecular flexibility index (Phi) is 5.62. The predicted octanol–water partition coefficient (Wildman–Crippen LogP) is -2.90. The fourth-order valence-corrected chi connectivity index (χ4v) is 2.16. The Hall–Kier alpha value is -1.81. The first-order chi connectivity index (χ1) is 9.74. The van der Waals surface area contributed by atoms with Gasteiger partial charge in [-0.1, -0.05) is 0 Å². The van der Waals surface area contributed by atoms with E-state index in [1.807, 2.05) is 0 Å². The number of hydrogen-bond donors (Lipinski definition) is 4. The van der Waals surface area contributed by atoms with Crippen molar-refractivity contribution >= 4 is 28.9 Å². The zero-order valence-corrected chi connectivity index (χ0v) is 12.5. The molecule has 0 aliphatic carbocycles. The number of carbonyl (C=O) groups is 5. The normalized spacial score (nSPS) is 19.3. The van der Waals surface area contributed by atoms with Gasteiger partial charge in [-0.25, -0.2) is 0 Å². The van der Waals surface area contributed by atoms with Crippen LogP contribution in [0.15, 0.2) is 0 Å². The zero-order chi connectivity index (χ0) is 18.1. The summed E-state index contributed by atoms with van der Waals surface area (Å²) in [4.78, 5) is 58.2. The average molecular weight is 318 g/mol. The Morgan fingerprint density at radius 1 is 0.773 bits per heavy atom. The Balaban J connectivity index is 6.88. The van der Waals surface area contributed by atoms with Crippen molar-refractivity contribution < 1.29 is 44.4 Å². The summed E-state index contributed by atoms with van der Waals surface area (Å²) in [5.41, 5.74) is -10.8. The fraction of sp³-hybridized carbons (Fsp3) is 0.615. The largest absolute Gasteiger partial charge is 0.393 e. The molecule has 9 heteroatoms. The lowest BCUT2D eigenvalue weighted by molar-refractivity contribution is -0.231. The van der Waals surface area contributed by atoms with Crippen molar-refractivity contribution in [3.05, 3.63) is 0 Å². The van der Waals surface area contributed by atoms with Crippen molar-refractivity contribution in [1.29, 1.82) is 0 Å². The van der Waals surface area contributed by atoms with E-state index in [1.54, 1.807) is 0 Å². The van der Waals surface area contributed by atoms with E-state index < -0.39 is 52.3 Å². The quantitative estimate of drug-likeness (QED) is 0.271. The summed E-state index contributed by atoms with van der Waals surface area (Å²) in [6.07, 6.45) is 0. The summed E-state index contributed by atoms with van der Waals surface area (Å²) in [7, 11) is 0. The topological polar surface area (TPSA) is 166 Å². The van der Waals surface area contributed by atoms with Gasteiger partial charge in [-0.05, 0) is 20.8 Å². The lowest BCUT2D eigenvalue weighted by atomic mass is 9.63. The first-order valence-electron chi connectivity index (χ1n) is 6.11. The van der Waals surface area contributed by atoms with Crippen LogP contribution in [0.1, 0.15) is 27.7 Å². The molecule has 124 valence electrons. The fourth-order valence-electron chi connectivity index (χ4n) is 2.16. The molecule has 0 unspecified atom stereocenters. The molecule has 0 radical (unpaired) electrons. The van der Waals surface area contributed by atoms with Crippen molar-refractivity contribution in [2.24, 2.45) is 0 Å². The molecule has 22 heavy (non-hydrogen) atoms. The van der Waals surface area contributed by atoms with Crippen LogP contribution in [0.25, 0.3) is 0 Å². The minimum absolute atomic E-state index is 0.574. The molecule has 0 aromatic rings. The second-order valence-electron chi connectivity index (χ2n) is 4.99. The maximum absolute atomic E-state index is 11.9. The van der Waals surface area contributed by atoms with Gasteiger partial charge < -0.3 is 20.4 Å². The maximum Gasteiger partial charge on any atom is 0.240 e. The van der Waals surface area contributed by atoms with Gasteiger partial charge in [0.2, 0.25) is 17.0 Å². The van der Waals surface area contributed by atoms with E-state index in [9.17, 15) is 44.4 Å². The standard InChI is InChI=1S/C13H18O9/c1-6(15)10(19)12(21,8(3)17)13(22,9(4)18)11(20,5-14)7(2)16/h14,20-22H,5H2,1-4H3/t11-,12-,13+/m1/s1. The first-order valence-corrected chi connectivity index (χ1v) is 6.11. The molecule has 0 fully saturated rings. The predicted molar refractivity (Wildman–Crippen MR) is 69.7 cm³/mol. The van der Waals surface area contributed by atoms with Gasteiger partial charge >= 0.3 is 0 Å². The molecule has 3 atom stereocenters. The van der Waals surface area contributed by atoms with E-state index >= 15 is 0 Å². The number of rotatable bonds is 8. The molecular weight excluding hydrogens is 300 g/mol. The van der Waals surface area contributed by atoms with Crippen LogP contribution in [-0.2, 0) is 24.0 Å². The smallest absolute Gasteiger partial charge is 0.240 e. The number of hydrogen-bond acceptors (Lipinski definition) is 9. The summed E-state index contributed by atoms with van der Waals surface area (Å²) >= 11 is 0. The van der Waals surface area contributed by atoms with Crippen molar-refractivity contribution in [2.75, 3.05) is 6.61 Å². The molecule has 0 spiro atoms. The van der Waals surface area contributed by atoms with Gasteiger partial charge in [-0.2, -0.15) is 0 Å². The van der Waals surface area contributed by atoms with E-state index in [0.29, 0.717) is 27.7 Å². The van der Waals surface area contributed by atoms with Crippen LogP contribution in [0.2, 0.25) is 0 Å². The third-order valence-corrected chi connectivity index (χ3v) is 3.60. The van der Waals surface area contributed by atoms with Crippen molar-refractivity contribution in [1.82, 2.24) is 0 Å². The van der Waals surface area contributed by atoms with Gasteiger partial charge in [0.25, 0.3) is 0 Å². The molecule has 0 heterocycles. The highest BCUT2D eigenvalue weighted by Gasteiger charge is 2.72. The zero-order valence-electron chi connectivity index (χ0n) is 12.5. The van der Waals surface area contributed by atoms with E-state index in [2.05, 4.69) is 0 Å². The molecule has 0 saturated carbocycles. The molecule has 9 nitrogen and oxygen atoms in total. The van der Waals surface area contributed by atoms with Gasteiger partial charge in [0.1, 0.15) is 0 Å². The monoisotopic (exact) mass is 318 g/mol. The highest BCUT2D eigenvalue weighted by molar-refractivity contribution is 6.45. The van der Waals surface area contributed by atoms with Crippen LogP contribution in [0.3, 0.4) is 0 Å². The van der Waals surface area contributed by atoms with E-state index in [1.165, 1.54) is 0 Å². The van der Waals surface area contributed by atoms with Gasteiger partial charge in [-0.3, -0.25) is 24.0 Å². The number of carbonyl (C=O) groups excluding carboxylic acids is 5. The molecular formula is C13H18O9. The minimum Gasteiger partial charge on any atom is -0.393 e. The Labute approximate surface area is 125 Å². The van der Waals surface area contributed by atoms with Crippen LogP contribution in [0.5, 0.6) is 0 Å². The van der Waals surface area contributed by atoms with Crippen LogP contribution < -0.4 is 0 Å². The lowest BCUT2D eigenvalue weighted by Gasteiger charge is -2.46.